The van der Waals surface area contributed by atoms with Gasteiger partial charge in [-0.25, -0.2) is 4.98 Å². The number of nitrogens with zero attached hydrogens (tertiary/aromatic N) is 3. The number of hydrogen-bond acceptors (Lipinski definition) is 4. The molecule has 2 N–H and O–H groups in total. The number of fused-ring (bicyclic) bond motifs is 1. The Balaban J connectivity index is 1.35. The molecule has 0 bridgehead atoms. The molecule has 0 aliphatic carbocycles. The van der Waals surface area contributed by atoms with Crippen LogP contribution in [0.25, 0.3) is 10.9 Å². The largest absolute Gasteiger partial charge is 0.433 e. The zero-order chi connectivity index (χ0) is 30.2. The first-order valence-corrected chi connectivity index (χ1v) is 13.7. The first-order chi connectivity index (χ1) is 19.9. The number of pyridine rings is 1. The summed E-state index contributed by atoms with van der Waals surface area (Å²) < 4.78 is 42.9. The lowest BCUT2D eigenvalue weighted by Crippen LogP contribution is -2.17. The summed E-state index contributed by atoms with van der Waals surface area (Å²) in [6, 6.07) is 19.1. The minimum absolute atomic E-state index is 0.0482. The number of nitrogens with one attached hydrogen (secondary N) is 2. The Morgan fingerprint density at radius 1 is 0.952 bits per heavy atom. The highest BCUT2D eigenvalue weighted by Gasteiger charge is 2.34. The van der Waals surface area contributed by atoms with Gasteiger partial charge in [-0.05, 0) is 74.0 Å². The molecule has 0 aliphatic rings. The third-order valence-corrected chi connectivity index (χ3v) is 7.29. The molecule has 2 heterocycles. The van der Waals surface area contributed by atoms with E-state index in [0.29, 0.717) is 44.4 Å². The highest BCUT2D eigenvalue weighted by molar-refractivity contribution is 9.10. The van der Waals surface area contributed by atoms with Crippen LogP contribution in [0.4, 0.5) is 24.5 Å². The predicted octanol–water partition coefficient (Wildman–Crippen LogP) is 8.04. The Kier molecular flexibility index (Phi) is 8.07. The summed E-state index contributed by atoms with van der Waals surface area (Å²) in [4.78, 5) is 29.6. The van der Waals surface area contributed by atoms with Gasteiger partial charge >= 0.3 is 6.18 Å². The topological polar surface area (TPSA) is 88.9 Å². The molecule has 0 aliphatic heterocycles. The molecule has 42 heavy (non-hydrogen) atoms. The van der Waals surface area contributed by atoms with E-state index in [-0.39, 0.29) is 22.4 Å². The molecule has 12 heteroatoms. The second-order valence-corrected chi connectivity index (χ2v) is 10.9. The number of halogens is 5. The molecular formula is C30H22BrClF3N5O2. The molecule has 2 amide bonds. The Morgan fingerprint density at radius 3 is 2.38 bits per heavy atom. The Bertz CT molecular complexity index is 1840. The fraction of sp³-hybridized carbons (Fsp3) is 0.133. The second-order valence-electron chi connectivity index (χ2n) is 9.53. The van der Waals surface area contributed by atoms with Crippen LogP contribution in [0.2, 0.25) is 5.02 Å². The van der Waals surface area contributed by atoms with E-state index in [9.17, 15) is 22.8 Å². The van der Waals surface area contributed by atoms with Gasteiger partial charge in [0.05, 0.1) is 34.7 Å². The van der Waals surface area contributed by atoms with Gasteiger partial charge in [-0.15, -0.1) is 0 Å². The SMILES string of the molecule is Cc1nn(Cc2ccc(C(=O)Nc3cccc(Cl)c3)cc2)c(C)c1NC(=O)c1cc(C(F)(F)F)nc2ccc(Br)cc12. The van der Waals surface area contributed by atoms with E-state index >= 15 is 0 Å². The molecule has 0 spiro atoms. The van der Waals surface area contributed by atoms with Gasteiger partial charge in [-0.1, -0.05) is 45.7 Å². The standard InChI is InChI=1S/C30H22BrClF3N5O2/c1-16-27(38-29(42)24-14-26(30(33,34)35)37-25-11-10-20(31)12-23(24)25)17(2)40(39-16)15-18-6-8-19(9-7-18)28(41)36-22-5-3-4-21(32)13-22/h3-14H,15H2,1-2H3,(H,36,41)(H,38,42). The van der Waals surface area contributed by atoms with Gasteiger partial charge in [0.2, 0.25) is 0 Å². The van der Waals surface area contributed by atoms with Crippen LogP contribution < -0.4 is 10.6 Å². The maximum atomic E-state index is 13.5. The Labute approximate surface area is 251 Å². The first-order valence-electron chi connectivity index (χ1n) is 12.6. The number of hydrogen-bond donors (Lipinski definition) is 2. The van der Waals surface area contributed by atoms with Gasteiger partial charge < -0.3 is 10.6 Å². The lowest BCUT2D eigenvalue weighted by Gasteiger charge is -2.13. The van der Waals surface area contributed by atoms with E-state index < -0.39 is 17.8 Å². The molecule has 2 aromatic heterocycles. The zero-order valence-corrected chi connectivity index (χ0v) is 24.5. The molecule has 0 atom stereocenters. The third-order valence-electron chi connectivity index (χ3n) is 6.56. The van der Waals surface area contributed by atoms with Crippen molar-refractivity contribution in [1.82, 2.24) is 14.8 Å². The highest BCUT2D eigenvalue weighted by Crippen LogP contribution is 2.33. The van der Waals surface area contributed by atoms with Crippen molar-refractivity contribution in [1.29, 1.82) is 0 Å². The summed E-state index contributed by atoms with van der Waals surface area (Å²) in [5.74, 6) is -1.00. The summed E-state index contributed by atoms with van der Waals surface area (Å²) in [6.07, 6.45) is -4.72. The maximum absolute atomic E-state index is 13.5. The number of anilines is 2. The molecule has 5 rings (SSSR count). The van der Waals surface area contributed by atoms with E-state index in [1.807, 2.05) is 0 Å². The van der Waals surface area contributed by atoms with Crippen molar-refractivity contribution in [2.75, 3.05) is 10.6 Å². The summed E-state index contributed by atoms with van der Waals surface area (Å²) in [5, 5.41) is 10.8. The number of benzene rings is 3. The number of rotatable bonds is 6. The van der Waals surface area contributed by atoms with E-state index in [1.165, 1.54) is 6.07 Å². The van der Waals surface area contributed by atoms with Crippen LogP contribution in [0.3, 0.4) is 0 Å². The van der Waals surface area contributed by atoms with Crippen LogP contribution in [0.1, 0.15) is 43.4 Å². The summed E-state index contributed by atoms with van der Waals surface area (Å²) >= 11 is 9.29. The number of aromatic nitrogens is 3. The summed E-state index contributed by atoms with van der Waals surface area (Å²) in [5.41, 5.74) is 2.11. The van der Waals surface area contributed by atoms with Crippen molar-refractivity contribution in [3.8, 4) is 0 Å². The Morgan fingerprint density at radius 2 is 1.69 bits per heavy atom. The van der Waals surface area contributed by atoms with Gasteiger partial charge in [0.25, 0.3) is 11.8 Å². The quantitative estimate of drug-likeness (QED) is 0.194. The minimum Gasteiger partial charge on any atom is -0.322 e. The van der Waals surface area contributed by atoms with Crippen LogP contribution in [0.15, 0.2) is 77.3 Å². The smallest absolute Gasteiger partial charge is 0.322 e. The Hall–Kier alpha value is -4.22. The fourth-order valence-electron chi connectivity index (χ4n) is 4.45. The predicted molar refractivity (Wildman–Crippen MR) is 159 cm³/mol. The molecular weight excluding hydrogens is 635 g/mol. The zero-order valence-electron chi connectivity index (χ0n) is 22.2. The number of carbonyl (C=O) groups excluding carboxylic acids is 2. The minimum atomic E-state index is -4.72. The van der Waals surface area contributed by atoms with E-state index in [0.717, 1.165) is 11.6 Å². The summed E-state index contributed by atoms with van der Waals surface area (Å²) in [7, 11) is 0. The highest BCUT2D eigenvalue weighted by atomic mass is 79.9. The van der Waals surface area contributed by atoms with Crippen molar-refractivity contribution in [3.05, 3.63) is 116 Å². The first kappa shape index (κ1) is 29.3. The van der Waals surface area contributed by atoms with Crippen LogP contribution in [0.5, 0.6) is 0 Å². The molecule has 0 unspecified atom stereocenters. The second kappa shape index (κ2) is 11.6. The lowest BCUT2D eigenvalue weighted by atomic mass is 10.1. The number of carbonyl (C=O) groups is 2. The average Bonchev–Trinajstić information content (AvgIpc) is 3.19. The van der Waals surface area contributed by atoms with Crippen molar-refractivity contribution in [2.24, 2.45) is 0 Å². The number of aryl methyl sites for hydroxylation is 1. The molecule has 0 radical (unpaired) electrons. The average molecular weight is 657 g/mol. The van der Waals surface area contributed by atoms with Crippen molar-refractivity contribution in [2.45, 2.75) is 26.6 Å². The molecule has 0 saturated heterocycles. The van der Waals surface area contributed by atoms with Gasteiger partial charge in [-0.3, -0.25) is 14.3 Å². The molecule has 0 saturated carbocycles. The van der Waals surface area contributed by atoms with Gasteiger partial charge in [-0.2, -0.15) is 18.3 Å². The third kappa shape index (κ3) is 6.32. The van der Waals surface area contributed by atoms with Crippen LogP contribution in [0, 0.1) is 13.8 Å². The summed E-state index contributed by atoms with van der Waals surface area (Å²) in [6.45, 7) is 3.79. The fourth-order valence-corrected chi connectivity index (χ4v) is 5.00. The van der Waals surface area contributed by atoms with E-state index in [1.54, 1.807) is 79.2 Å². The van der Waals surface area contributed by atoms with Crippen LogP contribution >= 0.6 is 27.5 Å². The van der Waals surface area contributed by atoms with Crippen molar-refractivity contribution in [3.63, 3.8) is 0 Å². The molecule has 3 aromatic carbocycles. The van der Waals surface area contributed by atoms with Gasteiger partial charge in [0.1, 0.15) is 5.69 Å². The van der Waals surface area contributed by atoms with E-state index in [4.69, 9.17) is 11.6 Å². The van der Waals surface area contributed by atoms with Crippen LogP contribution in [-0.2, 0) is 12.7 Å². The lowest BCUT2D eigenvalue weighted by molar-refractivity contribution is -0.141. The number of amides is 2. The monoisotopic (exact) mass is 655 g/mol. The molecule has 214 valence electrons. The number of alkyl halides is 3. The van der Waals surface area contributed by atoms with Crippen molar-refractivity contribution < 1.29 is 22.8 Å². The van der Waals surface area contributed by atoms with Crippen molar-refractivity contribution >= 4 is 61.6 Å². The van der Waals surface area contributed by atoms with Gasteiger partial charge in [0, 0.05) is 26.1 Å². The molecule has 5 aromatic rings. The van der Waals surface area contributed by atoms with E-state index in [2.05, 4.69) is 36.6 Å². The normalized spacial score (nSPS) is 11.5. The van der Waals surface area contributed by atoms with Gasteiger partial charge in [0.15, 0.2) is 0 Å². The van der Waals surface area contributed by atoms with Crippen LogP contribution in [-0.4, -0.2) is 26.6 Å². The molecule has 0 fully saturated rings. The maximum Gasteiger partial charge on any atom is 0.433 e. The molecule has 7 nitrogen and oxygen atoms in total.